The molecule has 11 aromatic rings. The van der Waals surface area contributed by atoms with Crippen molar-refractivity contribution in [3.63, 3.8) is 0 Å². The molecule has 0 radical (unpaired) electrons. The minimum Gasteiger partial charge on any atom is -0.309 e. The Morgan fingerprint density at radius 2 is 1.06 bits per heavy atom. The van der Waals surface area contributed by atoms with Gasteiger partial charge in [0.05, 0.1) is 22.2 Å². The van der Waals surface area contributed by atoms with Crippen LogP contribution in [-0.2, 0) is 0 Å². The van der Waals surface area contributed by atoms with Crippen molar-refractivity contribution >= 4 is 64.2 Å². The largest absolute Gasteiger partial charge is 0.309 e. The fourth-order valence-electron chi connectivity index (χ4n) is 8.08. The average Bonchev–Trinajstić information content (AvgIpc) is 3.79. The molecule has 0 saturated heterocycles. The molecule has 0 saturated carbocycles. The minimum absolute atomic E-state index is 0.729. The normalized spacial score (nSPS) is 11.7. The van der Waals surface area contributed by atoms with Gasteiger partial charge in [0.15, 0.2) is 5.82 Å². The van der Waals surface area contributed by atoms with Crippen LogP contribution in [0.1, 0.15) is 0 Å². The van der Waals surface area contributed by atoms with Gasteiger partial charge in [-0.3, -0.25) is 0 Å². The van der Waals surface area contributed by atoms with Crippen LogP contribution in [0.25, 0.3) is 103 Å². The Morgan fingerprint density at radius 3 is 1.87 bits per heavy atom. The quantitative estimate of drug-likeness (QED) is 0.178. The van der Waals surface area contributed by atoms with Crippen molar-refractivity contribution in [1.29, 1.82) is 0 Å². The number of para-hydroxylation sites is 2. The van der Waals surface area contributed by atoms with E-state index in [-0.39, 0.29) is 0 Å². The number of rotatable bonds is 5. The topological polar surface area (TPSA) is 30.7 Å². The molecule has 252 valence electrons. The second-order valence-corrected chi connectivity index (χ2v) is 14.9. The van der Waals surface area contributed by atoms with Crippen molar-refractivity contribution in [2.75, 3.05) is 0 Å². The summed E-state index contributed by atoms with van der Waals surface area (Å²) in [5, 5.41) is 6.10. The van der Waals surface area contributed by atoms with Gasteiger partial charge in [0.1, 0.15) is 0 Å². The Hall–Kier alpha value is -6.88. The molecule has 0 unspecified atom stereocenters. The Labute approximate surface area is 316 Å². The second kappa shape index (κ2) is 12.4. The van der Waals surface area contributed by atoms with Gasteiger partial charge >= 0.3 is 0 Å². The highest BCUT2D eigenvalue weighted by molar-refractivity contribution is 7.26. The van der Waals surface area contributed by atoms with E-state index in [9.17, 15) is 0 Å². The Balaban J connectivity index is 1.08. The summed E-state index contributed by atoms with van der Waals surface area (Å²) < 4.78 is 4.93. The Kier molecular flexibility index (Phi) is 7.04. The summed E-state index contributed by atoms with van der Waals surface area (Å²) in [5.74, 6) is 0.729. The van der Waals surface area contributed by atoms with E-state index in [1.807, 2.05) is 35.6 Å². The molecule has 8 aromatic carbocycles. The van der Waals surface area contributed by atoms with E-state index < -0.39 is 0 Å². The Bertz CT molecular complexity index is 3200. The number of thiophene rings is 1. The molecule has 0 fully saturated rings. The summed E-state index contributed by atoms with van der Waals surface area (Å²) >= 11 is 1.85. The van der Waals surface area contributed by atoms with Gasteiger partial charge < -0.3 is 4.57 Å². The first-order chi connectivity index (χ1) is 26.8. The van der Waals surface area contributed by atoms with E-state index in [0.29, 0.717) is 0 Å². The van der Waals surface area contributed by atoms with Gasteiger partial charge in [-0.25, -0.2) is 9.97 Å². The molecule has 0 bridgehead atoms. The molecule has 3 heterocycles. The van der Waals surface area contributed by atoms with Gasteiger partial charge in [0.2, 0.25) is 0 Å². The van der Waals surface area contributed by atoms with Crippen molar-refractivity contribution < 1.29 is 0 Å². The zero-order chi connectivity index (χ0) is 35.6. The SMILES string of the molecule is c1ccc(-c2nc(-c3ccccc3)c3ccc(-c4cccc5sc6ccc(-c7ccc8c(c7)c7ccccc7n8-c7ccccc7)cc6c45)cc3n2)cc1. The summed E-state index contributed by atoms with van der Waals surface area (Å²) in [7, 11) is 0. The lowest BCUT2D eigenvalue weighted by atomic mass is 9.95. The molecule has 0 aliphatic carbocycles. The fourth-order valence-corrected chi connectivity index (χ4v) is 9.20. The van der Waals surface area contributed by atoms with Gasteiger partial charge in [-0.15, -0.1) is 11.3 Å². The third-order valence-electron chi connectivity index (χ3n) is 10.6. The number of aromatic nitrogens is 3. The van der Waals surface area contributed by atoms with Crippen LogP contribution in [-0.4, -0.2) is 14.5 Å². The van der Waals surface area contributed by atoms with E-state index in [2.05, 4.69) is 168 Å². The van der Waals surface area contributed by atoms with Crippen molar-refractivity contribution in [3.05, 3.63) is 188 Å². The molecule has 0 aliphatic heterocycles. The third kappa shape index (κ3) is 4.96. The highest BCUT2D eigenvalue weighted by Crippen LogP contribution is 2.43. The smallest absolute Gasteiger partial charge is 0.160 e. The molecule has 3 aromatic heterocycles. The van der Waals surface area contributed by atoms with Crippen molar-refractivity contribution in [2.45, 2.75) is 0 Å². The van der Waals surface area contributed by atoms with Gasteiger partial charge in [-0.2, -0.15) is 0 Å². The maximum atomic E-state index is 5.16. The van der Waals surface area contributed by atoms with Gasteiger partial charge in [-0.05, 0) is 82.9 Å². The molecule has 3 nitrogen and oxygen atoms in total. The molecule has 0 amide bonds. The minimum atomic E-state index is 0.729. The van der Waals surface area contributed by atoms with Crippen LogP contribution in [0.15, 0.2) is 188 Å². The molecule has 0 atom stereocenters. The highest BCUT2D eigenvalue weighted by Gasteiger charge is 2.17. The maximum Gasteiger partial charge on any atom is 0.160 e. The monoisotopic (exact) mass is 705 g/mol. The van der Waals surface area contributed by atoms with E-state index in [1.165, 1.54) is 64.4 Å². The summed E-state index contributed by atoms with van der Waals surface area (Å²) in [6.07, 6.45) is 0. The van der Waals surface area contributed by atoms with Crippen molar-refractivity contribution in [3.8, 4) is 50.6 Å². The predicted molar refractivity (Wildman–Crippen MR) is 229 cm³/mol. The number of nitrogens with zero attached hydrogens (tertiary/aromatic N) is 3. The molecule has 54 heavy (non-hydrogen) atoms. The predicted octanol–water partition coefficient (Wildman–Crippen LogP) is 13.8. The first-order valence-corrected chi connectivity index (χ1v) is 19.1. The molecule has 0 aliphatic rings. The van der Waals surface area contributed by atoms with Crippen LogP contribution >= 0.6 is 11.3 Å². The number of fused-ring (bicyclic) bond motifs is 7. The lowest BCUT2D eigenvalue weighted by Crippen LogP contribution is -1.95. The molecule has 0 N–H and O–H groups in total. The number of hydrogen-bond acceptors (Lipinski definition) is 3. The summed E-state index contributed by atoms with van der Waals surface area (Å²) in [5.41, 5.74) is 12.3. The van der Waals surface area contributed by atoms with Crippen LogP contribution in [0.4, 0.5) is 0 Å². The molecule has 0 spiro atoms. The van der Waals surface area contributed by atoms with Crippen LogP contribution in [0.5, 0.6) is 0 Å². The molecule has 4 heteroatoms. The van der Waals surface area contributed by atoms with Crippen LogP contribution in [0, 0.1) is 0 Å². The zero-order valence-corrected chi connectivity index (χ0v) is 30.0. The second-order valence-electron chi connectivity index (χ2n) is 13.8. The fraction of sp³-hybridized carbons (Fsp3) is 0. The first-order valence-electron chi connectivity index (χ1n) is 18.2. The number of hydrogen-bond donors (Lipinski definition) is 0. The molecular weight excluding hydrogens is 675 g/mol. The summed E-state index contributed by atoms with van der Waals surface area (Å²) in [4.78, 5) is 10.3. The molecular formula is C50H31N3S. The van der Waals surface area contributed by atoms with Gasteiger partial charge in [0.25, 0.3) is 0 Å². The van der Waals surface area contributed by atoms with E-state index in [1.54, 1.807) is 0 Å². The lowest BCUT2D eigenvalue weighted by molar-refractivity contribution is 1.18. The van der Waals surface area contributed by atoms with Gasteiger partial charge in [0, 0.05) is 53.1 Å². The van der Waals surface area contributed by atoms with E-state index in [0.717, 1.165) is 39.1 Å². The van der Waals surface area contributed by atoms with Crippen molar-refractivity contribution in [1.82, 2.24) is 14.5 Å². The number of benzene rings is 8. The van der Waals surface area contributed by atoms with Crippen molar-refractivity contribution in [2.24, 2.45) is 0 Å². The Morgan fingerprint density at radius 1 is 0.389 bits per heavy atom. The van der Waals surface area contributed by atoms with E-state index >= 15 is 0 Å². The maximum absolute atomic E-state index is 5.16. The van der Waals surface area contributed by atoms with Gasteiger partial charge in [-0.1, -0.05) is 127 Å². The van der Waals surface area contributed by atoms with Crippen LogP contribution in [0.3, 0.4) is 0 Å². The highest BCUT2D eigenvalue weighted by atomic mass is 32.1. The average molecular weight is 706 g/mol. The zero-order valence-electron chi connectivity index (χ0n) is 29.1. The third-order valence-corrected chi connectivity index (χ3v) is 11.7. The summed E-state index contributed by atoms with van der Waals surface area (Å²) in [6, 6.07) is 67.3. The molecule has 11 rings (SSSR count). The first kappa shape index (κ1) is 30.7. The van der Waals surface area contributed by atoms with E-state index in [4.69, 9.17) is 9.97 Å². The van der Waals surface area contributed by atoms with Crippen LogP contribution < -0.4 is 0 Å². The lowest BCUT2D eigenvalue weighted by Gasteiger charge is -2.12. The summed E-state index contributed by atoms with van der Waals surface area (Å²) in [6.45, 7) is 0. The standard InChI is InChI=1S/C50H31N3S/c1-4-13-32(14-5-1)49-40-26-23-36(31-43(40)51-50(52-49)33-15-6-2-7-16-33)38-20-12-22-47-48(38)42-30-35(25-28-46(42)54-47)34-24-27-45-41(29-34)39-19-10-11-21-44(39)53(45)37-17-8-3-9-18-37/h1-31H. The van der Waals surface area contributed by atoms with Crippen LogP contribution in [0.2, 0.25) is 0 Å².